The topological polar surface area (TPSA) is 52.6 Å². The molecule has 2 N–H and O–H groups in total. The second-order valence-corrected chi connectivity index (χ2v) is 5.86. The second-order valence-electron chi connectivity index (χ2n) is 5.86. The molecule has 1 aliphatic carbocycles. The van der Waals surface area contributed by atoms with Crippen molar-refractivity contribution >= 4 is 5.91 Å². The molecule has 1 fully saturated rings. The number of carbonyl (C=O) groups is 1. The third-order valence-corrected chi connectivity index (χ3v) is 3.66. The minimum Gasteiger partial charge on any atom is -0.396 e. The number of benzene rings is 1. The van der Waals surface area contributed by atoms with Crippen LogP contribution in [-0.4, -0.2) is 42.7 Å². The molecular weight excluding hydrogens is 252 g/mol. The molecule has 1 aromatic rings. The van der Waals surface area contributed by atoms with Crippen LogP contribution < -0.4 is 5.32 Å². The van der Waals surface area contributed by atoms with Gasteiger partial charge in [0.05, 0.1) is 0 Å². The first kappa shape index (κ1) is 15.0. The van der Waals surface area contributed by atoms with Gasteiger partial charge in [-0.2, -0.15) is 0 Å². The quantitative estimate of drug-likeness (QED) is 0.796. The van der Waals surface area contributed by atoms with Gasteiger partial charge in [-0.1, -0.05) is 12.1 Å². The zero-order valence-corrected chi connectivity index (χ0v) is 12.3. The maximum absolute atomic E-state index is 12.2. The van der Waals surface area contributed by atoms with Gasteiger partial charge >= 0.3 is 0 Å². The predicted octanol–water partition coefficient (Wildman–Crippen LogP) is 1.64. The number of carbonyl (C=O) groups excluding carboxylic acids is 1. The third-order valence-electron chi connectivity index (χ3n) is 3.66. The Morgan fingerprint density at radius 1 is 1.35 bits per heavy atom. The molecule has 0 radical (unpaired) electrons. The minimum absolute atomic E-state index is 0.0354. The Balaban J connectivity index is 1.94. The Kier molecular flexibility index (Phi) is 5.15. The van der Waals surface area contributed by atoms with Crippen molar-refractivity contribution in [3.05, 3.63) is 35.4 Å². The van der Waals surface area contributed by atoms with Crippen LogP contribution >= 0.6 is 0 Å². The average molecular weight is 276 g/mol. The van der Waals surface area contributed by atoms with Crippen molar-refractivity contribution < 1.29 is 9.90 Å². The van der Waals surface area contributed by atoms with Crippen LogP contribution in [0.25, 0.3) is 0 Å². The highest BCUT2D eigenvalue weighted by atomic mass is 16.3. The van der Waals surface area contributed by atoms with Crippen molar-refractivity contribution in [2.75, 3.05) is 20.7 Å². The van der Waals surface area contributed by atoms with Gasteiger partial charge in [-0.15, -0.1) is 0 Å². The van der Waals surface area contributed by atoms with Gasteiger partial charge in [0.1, 0.15) is 0 Å². The van der Waals surface area contributed by atoms with Crippen LogP contribution in [0.4, 0.5) is 0 Å². The number of nitrogens with one attached hydrogen (secondary N) is 1. The molecule has 1 amide bonds. The van der Waals surface area contributed by atoms with E-state index in [-0.39, 0.29) is 18.6 Å². The van der Waals surface area contributed by atoms with Gasteiger partial charge < -0.3 is 15.3 Å². The zero-order valence-electron chi connectivity index (χ0n) is 12.3. The van der Waals surface area contributed by atoms with Crippen molar-refractivity contribution in [3.8, 4) is 0 Å². The van der Waals surface area contributed by atoms with E-state index in [4.69, 9.17) is 5.11 Å². The predicted molar refractivity (Wildman–Crippen MR) is 79.5 cm³/mol. The summed E-state index contributed by atoms with van der Waals surface area (Å²) in [5, 5.41) is 12.1. The first-order valence-corrected chi connectivity index (χ1v) is 7.25. The van der Waals surface area contributed by atoms with Gasteiger partial charge in [0.2, 0.25) is 0 Å². The van der Waals surface area contributed by atoms with Crippen LogP contribution in [0.15, 0.2) is 24.3 Å². The molecule has 4 heteroatoms. The lowest BCUT2D eigenvalue weighted by Gasteiger charge is -2.17. The van der Waals surface area contributed by atoms with Gasteiger partial charge in [-0.25, -0.2) is 0 Å². The van der Waals surface area contributed by atoms with Crippen LogP contribution in [0.5, 0.6) is 0 Å². The monoisotopic (exact) mass is 276 g/mol. The lowest BCUT2D eigenvalue weighted by molar-refractivity contribution is 0.0924. The molecule has 20 heavy (non-hydrogen) atoms. The van der Waals surface area contributed by atoms with E-state index in [1.54, 1.807) is 0 Å². The molecule has 1 aromatic carbocycles. The van der Waals surface area contributed by atoms with Crippen LogP contribution in [-0.2, 0) is 6.54 Å². The van der Waals surface area contributed by atoms with Gasteiger partial charge in [0.15, 0.2) is 0 Å². The van der Waals surface area contributed by atoms with E-state index in [1.165, 1.54) is 5.56 Å². The summed E-state index contributed by atoms with van der Waals surface area (Å²) in [6.45, 7) is 1.00. The van der Waals surface area contributed by atoms with Crippen molar-refractivity contribution in [2.24, 2.45) is 5.92 Å². The smallest absolute Gasteiger partial charge is 0.251 e. The summed E-state index contributed by atoms with van der Waals surface area (Å²) in [4.78, 5) is 14.3. The summed E-state index contributed by atoms with van der Waals surface area (Å²) in [6.07, 6.45) is 2.97. The van der Waals surface area contributed by atoms with E-state index in [9.17, 15) is 4.79 Å². The highest BCUT2D eigenvalue weighted by molar-refractivity contribution is 5.94. The molecule has 110 valence electrons. The molecule has 0 aliphatic heterocycles. The SMILES string of the molecule is CN(C)Cc1ccc(C(=O)NC(CCO)C2CC2)cc1. The fourth-order valence-electron chi connectivity index (χ4n) is 2.44. The maximum Gasteiger partial charge on any atom is 0.251 e. The van der Waals surface area contributed by atoms with Crippen molar-refractivity contribution in [2.45, 2.75) is 31.8 Å². The highest BCUT2D eigenvalue weighted by Gasteiger charge is 2.31. The fraction of sp³-hybridized carbons (Fsp3) is 0.562. The van der Waals surface area contributed by atoms with E-state index < -0.39 is 0 Å². The second kappa shape index (κ2) is 6.86. The lowest BCUT2D eigenvalue weighted by atomic mass is 10.1. The molecular formula is C16H24N2O2. The Hall–Kier alpha value is -1.39. The highest BCUT2D eigenvalue weighted by Crippen LogP contribution is 2.34. The van der Waals surface area contributed by atoms with Gasteiger partial charge in [-0.3, -0.25) is 4.79 Å². The van der Waals surface area contributed by atoms with Crippen LogP contribution in [0.2, 0.25) is 0 Å². The Morgan fingerprint density at radius 3 is 2.50 bits per heavy atom. The summed E-state index contributed by atoms with van der Waals surface area (Å²) < 4.78 is 0. The molecule has 0 aromatic heterocycles. The summed E-state index contributed by atoms with van der Waals surface area (Å²) in [5.74, 6) is 0.519. The van der Waals surface area contributed by atoms with E-state index in [0.29, 0.717) is 17.9 Å². The first-order valence-electron chi connectivity index (χ1n) is 7.25. The first-order chi connectivity index (χ1) is 9.60. The lowest BCUT2D eigenvalue weighted by Crippen LogP contribution is -2.37. The minimum atomic E-state index is -0.0354. The van der Waals surface area contributed by atoms with Gasteiger partial charge in [0.25, 0.3) is 5.91 Å². The van der Waals surface area contributed by atoms with Gasteiger partial charge in [0, 0.05) is 24.8 Å². The molecule has 0 saturated heterocycles. The maximum atomic E-state index is 12.2. The Labute approximate surface area is 120 Å². The van der Waals surface area contributed by atoms with E-state index in [2.05, 4.69) is 10.2 Å². The molecule has 0 bridgehead atoms. The summed E-state index contributed by atoms with van der Waals surface area (Å²) >= 11 is 0. The summed E-state index contributed by atoms with van der Waals surface area (Å²) in [7, 11) is 4.05. The summed E-state index contributed by atoms with van der Waals surface area (Å²) in [6, 6.07) is 7.85. The third kappa shape index (κ3) is 4.32. The van der Waals surface area contributed by atoms with E-state index in [1.807, 2.05) is 38.4 Å². The zero-order chi connectivity index (χ0) is 14.5. The molecule has 1 saturated carbocycles. The number of aliphatic hydroxyl groups is 1. The molecule has 1 aliphatic rings. The van der Waals surface area contributed by atoms with Crippen LogP contribution in [0.1, 0.15) is 35.2 Å². The average Bonchev–Trinajstić information content (AvgIpc) is 3.22. The number of hydrogen-bond acceptors (Lipinski definition) is 3. The molecule has 1 atom stereocenters. The normalized spacial score (nSPS) is 16.2. The Bertz CT molecular complexity index is 438. The number of aliphatic hydroxyl groups excluding tert-OH is 1. The van der Waals surface area contributed by atoms with E-state index in [0.717, 1.165) is 19.4 Å². The molecule has 0 heterocycles. The molecule has 2 rings (SSSR count). The number of amides is 1. The Morgan fingerprint density at radius 2 is 2.00 bits per heavy atom. The van der Waals surface area contributed by atoms with Crippen molar-refractivity contribution in [1.29, 1.82) is 0 Å². The van der Waals surface area contributed by atoms with Crippen LogP contribution in [0.3, 0.4) is 0 Å². The largest absolute Gasteiger partial charge is 0.396 e. The molecule has 1 unspecified atom stereocenters. The van der Waals surface area contributed by atoms with Gasteiger partial charge in [-0.05, 0) is 57.0 Å². The van der Waals surface area contributed by atoms with Crippen molar-refractivity contribution in [3.63, 3.8) is 0 Å². The number of hydrogen-bond donors (Lipinski definition) is 2. The molecule has 4 nitrogen and oxygen atoms in total. The summed E-state index contributed by atoms with van der Waals surface area (Å²) in [5.41, 5.74) is 1.89. The fourth-order valence-corrected chi connectivity index (χ4v) is 2.44. The van der Waals surface area contributed by atoms with Crippen LogP contribution in [0, 0.1) is 5.92 Å². The van der Waals surface area contributed by atoms with Crippen molar-refractivity contribution in [1.82, 2.24) is 10.2 Å². The molecule has 0 spiro atoms. The number of rotatable bonds is 7. The standard InChI is InChI=1S/C16H24N2O2/c1-18(2)11-12-3-5-14(6-4-12)16(20)17-15(9-10-19)13-7-8-13/h3-6,13,15,19H,7-11H2,1-2H3,(H,17,20). The number of nitrogens with zero attached hydrogens (tertiary/aromatic N) is 1. The van der Waals surface area contributed by atoms with E-state index >= 15 is 0 Å².